The number of nitrogens with one attached hydrogen (secondary N) is 2. The van der Waals surface area contributed by atoms with Crippen molar-refractivity contribution in [2.75, 3.05) is 26.1 Å². The maximum atomic E-state index is 12.1. The van der Waals surface area contributed by atoms with Gasteiger partial charge in [0.15, 0.2) is 0 Å². The van der Waals surface area contributed by atoms with Crippen molar-refractivity contribution in [3.8, 4) is 11.5 Å². The highest BCUT2D eigenvalue weighted by atomic mass is 16.5. The fourth-order valence-corrected chi connectivity index (χ4v) is 2.32. The molecule has 2 aromatic rings. The molecule has 1 atom stereocenters. The largest absolute Gasteiger partial charge is 0.497 e. The van der Waals surface area contributed by atoms with Crippen LogP contribution in [-0.2, 0) is 9.59 Å². The Labute approximate surface area is 147 Å². The summed E-state index contributed by atoms with van der Waals surface area (Å²) < 4.78 is 10.3. The van der Waals surface area contributed by atoms with Crippen molar-refractivity contribution in [2.45, 2.75) is 12.8 Å². The number of anilines is 1. The van der Waals surface area contributed by atoms with E-state index in [1.165, 1.54) is 14.2 Å². The van der Waals surface area contributed by atoms with Crippen molar-refractivity contribution < 1.29 is 19.1 Å². The molecular weight excluding hydrogens is 320 g/mol. The molecule has 0 aliphatic carbocycles. The third kappa shape index (κ3) is 4.97. The van der Waals surface area contributed by atoms with Gasteiger partial charge >= 0.3 is 11.8 Å². The van der Waals surface area contributed by atoms with Gasteiger partial charge in [-0.1, -0.05) is 37.3 Å². The quantitative estimate of drug-likeness (QED) is 0.791. The van der Waals surface area contributed by atoms with Gasteiger partial charge in [0.25, 0.3) is 0 Å². The molecule has 0 aromatic heterocycles. The summed E-state index contributed by atoms with van der Waals surface area (Å²) in [7, 11) is 3.00. The molecule has 0 saturated heterocycles. The predicted octanol–water partition coefficient (Wildman–Crippen LogP) is 2.56. The van der Waals surface area contributed by atoms with Gasteiger partial charge in [-0.3, -0.25) is 9.59 Å². The van der Waals surface area contributed by atoms with E-state index in [1.54, 1.807) is 18.2 Å². The highest BCUT2D eigenvalue weighted by molar-refractivity contribution is 6.39. The second-order valence-electron chi connectivity index (χ2n) is 5.54. The molecule has 6 heteroatoms. The number of carbonyl (C=O) groups excluding carboxylic acids is 2. The topological polar surface area (TPSA) is 76.7 Å². The molecule has 0 aliphatic heterocycles. The zero-order chi connectivity index (χ0) is 18.2. The summed E-state index contributed by atoms with van der Waals surface area (Å²) in [6.07, 6.45) is 0. The molecule has 0 heterocycles. The van der Waals surface area contributed by atoms with E-state index >= 15 is 0 Å². The molecule has 2 rings (SSSR count). The number of hydrogen-bond donors (Lipinski definition) is 2. The highest BCUT2D eigenvalue weighted by Gasteiger charge is 2.17. The van der Waals surface area contributed by atoms with Crippen molar-refractivity contribution in [1.29, 1.82) is 0 Å². The van der Waals surface area contributed by atoms with Gasteiger partial charge in [0.2, 0.25) is 0 Å². The summed E-state index contributed by atoms with van der Waals surface area (Å²) in [5.41, 5.74) is 1.47. The zero-order valence-electron chi connectivity index (χ0n) is 14.5. The average Bonchev–Trinajstić information content (AvgIpc) is 2.66. The monoisotopic (exact) mass is 342 g/mol. The lowest BCUT2D eigenvalue weighted by Gasteiger charge is -2.14. The molecular formula is C19H22N2O4. The minimum atomic E-state index is -0.758. The standard InChI is InChI=1S/C19H22N2O4/c1-13(14-7-5-4-6-8-14)12-20-18(22)19(23)21-16-11-15(24-2)9-10-17(16)25-3/h4-11,13H,12H2,1-3H3,(H,20,22)(H,21,23)/t13-/m0/s1. The van der Waals surface area contributed by atoms with E-state index in [-0.39, 0.29) is 5.92 Å². The van der Waals surface area contributed by atoms with Crippen LogP contribution in [-0.4, -0.2) is 32.6 Å². The first-order valence-corrected chi connectivity index (χ1v) is 7.91. The van der Waals surface area contributed by atoms with Crippen LogP contribution in [0.4, 0.5) is 5.69 Å². The number of carbonyl (C=O) groups is 2. The summed E-state index contributed by atoms with van der Waals surface area (Å²) in [6, 6.07) is 14.7. The summed E-state index contributed by atoms with van der Waals surface area (Å²) in [5.74, 6) is -0.363. The lowest BCUT2D eigenvalue weighted by atomic mass is 10.0. The smallest absolute Gasteiger partial charge is 0.313 e. The van der Waals surface area contributed by atoms with Gasteiger partial charge < -0.3 is 20.1 Å². The minimum Gasteiger partial charge on any atom is -0.497 e. The number of ether oxygens (including phenoxy) is 2. The highest BCUT2D eigenvalue weighted by Crippen LogP contribution is 2.28. The Kier molecular flexibility index (Phi) is 6.39. The summed E-state index contributed by atoms with van der Waals surface area (Å²) in [5, 5.41) is 5.19. The molecule has 0 fully saturated rings. The third-order valence-corrected chi connectivity index (χ3v) is 3.80. The summed E-state index contributed by atoms with van der Waals surface area (Å²) in [6.45, 7) is 2.35. The zero-order valence-corrected chi connectivity index (χ0v) is 14.5. The number of amides is 2. The molecule has 0 unspecified atom stereocenters. The van der Waals surface area contributed by atoms with Gasteiger partial charge in [0.1, 0.15) is 11.5 Å². The molecule has 0 bridgehead atoms. The van der Waals surface area contributed by atoms with Crippen LogP contribution in [0.15, 0.2) is 48.5 Å². The van der Waals surface area contributed by atoms with Crippen molar-refractivity contribution >= 4 is 17.5 Å². The molecule has 25 heavy (non-hydrogen) atoms. The van der Waals surface area contributed by atoms with Crippen LogP contribution in [0.1, 0.15) is 18.4 Å². The predicted molar refractivity (Wildman–Crippen MR) is 96.0 cm³/mol. The lowest BCUT2D eigenvalue weighted by Crippen LogP contribution is -2.37. The van der Waals surface area contributed by atoms with E-state index in [1.807, 2.05) is 37.3 Å². The van der Waals surface area contributed by atoms with Crippen LogP contribution in [0.3, 0.4) is 0 Å². The molecule has 0 radical (unpaired) electrons. The second kappa shape index (κ2) is 8.73. The van der Waals surface area contributed by atoms with Crippen molar-refractivity contribution in [2.24, 2.45) is 0 Å². The first-order chi connectivity index (χ1) is 12.0. The fourth-order valence-electron chi connectivity index (χ4n) is 2.32. The van der Waals surface area contributed by atoms with Gasteiger partial charge in [-0.15, -0.1) is 0 Å². The van der Waals surface area contributed by atoms with E-state index in [2.05, 4.69) is 10.6 Å². The van der Waals surface area contributed by atoms with Crippen molar-refractivity contribution in [1.82, 2.24) is 5.32 Å². The van der Waals surface area contributed by atoms with E-state index in [0.717, 1.165) is 5.56 Å². The molecule has 2 aromatic carbocycles. The first kappa shape index (κ1) is 18.3. The van der Waals surface area contributed by atoms with E-state index in [9.17, 15) is 9.59 Å². The lowest BCUT2D eigenvalue weighted by molar-refractivity contribution is -0.136. The summed E-state index contributed by atoms with van der Waals surface area (Å²) >= 11 is 0. The average molecular weight is 342 g/mol. The molecule has 2 N–H and O–H groups in total. The van der Waals surface area contributed by atoms with Crippen LogP contribution in [0.2, 0.25) is 0 Å². The normalized spacial score (nSPS) is 11.3. The van der Waals surface area contributed by atoms with Crippen molar-refractivity contribution in [3.63, 3.8) is 0 Å². The van der Waals surface area contributed by atoms with Gasteiger partial charge in [-0.2, -0.15) is 0 Å². The van der Waals surface area contributed by atoms with Gasteiger partial charge in [0, 0.05) is 12.6 Å². The molecule has 132 valence electrons. The number of hydrogen-bond acceptors (Lipinski definition) is 4. The SMILES string of the molecule is COc1ccc(OC)c(NC(=O)C(=O)NC[C@H](C)c2ccccc2)c1. The Morgan fingerprint density at radius 1 is 1.00 bits per heavy atom. The Morgan fingerprint density at radius 3 is 2.36 bits per heavy atom. The van der Waals surface area contributed by atoms with Crippen LogP contribution < -0.4 is 20.1 Å². The Bertz CT molecular complexity index is 731. The molecule has 0 aliphatic rings. The Morgan fingerprint density at radius 2 is 1.72 bits per heavy atom. The van der Waals surface area contributed by atoms with E-state index in [0.29, 0.717) is 23.7 Å². The fraction of sp³-hybridized carbons (Fsp3) is 0.263. The molecule has 2 amide bonds. The maximum absolute atomic E-state index is 12.1. The summed E-state index contributed by atoms with van der Waals surface area (Å²) in [4.78, 5) is 24.2. The van der Waals surface area contributed by atoms with E-state index < -0.39 is 11.8 Å². The number of benzene rings is 2. The molecule has 0 saturated carbocycles. The number of methoxy groups -OCH3 is 2. The van der Waals surface area contributed by atoms with Gasteiger partial charge in [0.05, 0.1) is 19.9 Å². The van der Waals surface area contributed by atoms with E-state index in [4.69, 9.17) is 9.47 Å². The second-order valence-corrected chi connectivity index (χ2v) is 5.54. The minimum absolute atomic E-state index is 0.101. The Balaban J connectivity index is 1.95. The van der Waals surface area contributed by atoms with Crippen LogP contribution in [0.5, 0.6) is 11.5 Å². The molecule has 6 nitrogen and oxygen atoms in total. The van der Waals surface area contributed by atoms with Crippen molar-refractivity contribution in [3.05, 3.63) is 54.1 Å². The maximum Gasteiger partial charge on any atom is 0.313 e. The number of rotatable bonds is 6. The van der Waals surface area contributed by atoms with Crippen LogP contribution >= 0.6 is 0 Å². The third-order valence-electron chi connectivity index (χ3n) is 3.80. The van der Waals surface area contributed by atoms with Crippen LogP contribution in [0.25, 0.3) is 0 Å². The Hall–Kier alpha value is -3.02. The molecule has 0 spiro atoms. The first-order valence-electron chi connectivity index (χ1n) is 7.91. The van der Waals surface area contributed by atoms with Gasteiger partial charge in [-0.05, 0) is 23.6 Å². The van der Waals surface area contributed by atoms with Gasteiger partial charge in [-0.25, -0.2) is 0 Å². The van der Waals surface area contributed by atoms with Crippen LogP contribution in [0, 0.1) is 0 Å².